The predicted molar refractivity (Wildman–Crippen MR) is 48.1 cm³/mol. The minimum absolute atomic E-state index is 0.494. The second-order valence-corrected chi connectivity index (χ2v) is 2.63. The molecule has 1 aromatic rings. The Morgan fingerprint density at radius 1 is 1.33 bits per heavy atom. The molecule has 2 heteroatoms. The Hall–Kier alpha value is -1.49. The van der Waals surface area contributed by atoms with Gasteiger partial charge in [-0.15, -0.1) is 0 Å². The van der Waals surface area contributed by atoms with E-state index in [9.17, 15) is 0 Å². The van der Waals surface area contributed by atoms with Crippen molar-refractivity contribution in [3.05, 3.63) is 29.8 Å². The monoisotopic (exact) mass is 159 g/mol. The van der Waals surface area contributed by atoms with Gasteiger partial charge in [0.2, 0.25) is 0 Å². The zero-order valence-electron chi connectivity index (χ0n) is 7.12. The third kappa shape index (κ3) is 2.63. The van der Waals surface area contributed by atoms with Crippen LogP contribution in [0.4, 0.5) is 5.69 Å². The summed E-state index contributed by atoms with van der Waals surface area (Å²) in [6.07, 6.45) is 0.494. The Morgan fingerprint density at radius 2 is 2.00 bits per heavy atom. The van der Waals surface area contributed by atoms with E-state index >= 15 is 0 Å². The zero-order valence-corrected chi connectivity index (χ0v) is 7.12. The van der Waals surface area contributed by atoms with Crippen LogP contribution in [0.3, 0.4) is 0 Å². The SMILES string of the molecule is Cc1ccc([N]CCC#N)cc1. The van der Waals surface area contributed by atoms with Gasteiger partial charge in [0, 0.05) is 0 Å². The molecule has 0 atom stereocenters. The van der Waals surface area contributed by atoms with Gasteiger partial charge in [0.15, 0.2) is 0 Å². The fourth-order valence-corrected chi connectivity index (χ4v) is 0.885. The minimum Gasteiger partial charge on any atom is -0.284 e. The number of hydrogen-bond donors (Lipinski definition) is 0. The van der Waals surface area contributed by atoms with Crippen LogP contribution in [0, 0.1) is 18.3 Å². The van der Waals surface area contributed by atoms with Gasteiger partial charge < -0.3 is 0 Å². The Bertz CT molecular complexity index is 269. The first-order valence-corrected chi connectivity index (χ1v) is 3.94. The average Bonchev–Trinajstić information content (AvgIpc) is 2.09. The van der Waals surface area contributed by atoms with Crippen molar-refractivity contribution in [3.8, 4) is 6.07 Å². The van der Waals surface area contributed by atoms with E-state index in [1.807, 2.05) is 31.2 Å². The van der Waals surface area contributed by atoms with Crippen molar-refractivity contribution < 1.29 is 0 Å². The van der Waals surface area contributed by atoms with Gasteiger partial charge in [0.1, 0.15) is 0 Å². The van der Waals surface area contributed by atoms with E-state index in [4.69, 9.17) is 5.26 Å². The highest BCUT2D eigenvalue weighted by Crippen LogP contribution is 2.08. The van der Waals surface area contributed by atoms with Gasteiger partial charge in [-0.25, -0.2) is 0 Å². The number of nitrogens with zero attached hydrogens (tertiary/aromatic N) is 2. The summed E-state index contributed by atoms with van der Waals surface area (Å²) < 4.78 is 0. The molecule has 1 aromatic carbocycles. The molecule has 0 amide bonds. The molecule has 0 bridgehead atoms. The van der Waals surface area contributed by atoms with E-state index in [1.165, 1.54) is 5.56 Å². The lowest BCUT2D eigenvalue weighted by atomic mass is 10.2. The van der Waals surface area contributed by atoms with Gasteiger partial charge in [-0.1, -0.05) is 17.7 Å². The molecule has 0 saturated heterocycles. The van der Waals surface area contributed by atoms with Crippen LogP contribution in [0.15, 0.2) is 24.3 Å². The average molecular weight is 159 g/mol. The van der Waals surface area contributed by atoms with E-state index in [2.05, 4.69) is 11.4 Å². The molecule has 0 aliphatic heterocycles. The third-order valence-electron chi connectivity index (χ3n) is 1.55. The van der Waals surface area contributed by atoms with Crippen LogP contribution in [0.5, 0.6) is 0 Å². The number of benzene rings is 1. The number of aryl methyl sites for hydroxylation is 1. The van der Waals surface area contributed by atoms with Crippen LogP contribution in [-0.2, 0) is 0 Å². The summed E-state index contributed by atoms with van der Waals surface area (Å²) in [7, 11) is 0. The molecule has 0 fully saturated rings. The van der Waals surface area contributed by atoms with E-state index in [1.54, 1.807) is 0 Å². The molecule has 0 N–H and O–H groups in total. The summed E-state index contributed by atoms with van der Waals surface area (Å²) in [5.41, 5.74) is 2.19. The largest absolute Gasteiger partial charge is 0.284 e. The fraction of sp³-hybridized carbons (Fsp3) is 0.300. The number of rotatable bonds is 3. The molecule has 0 aliphatic carbocycles. The summed E-state index contributed by atoms with van der Waals surface area (Å²) in [5, 5.41) is 12.5. The Kier molecular flexibility index (Phi) is 3.16. The quantitative estimate of drug-likeness (QED) is 0.622. The first-order chi connectivity index (χ1) is 5.83. The molecular weight excluding hydrogens is 148 g/mol. The van der Waals surface area contributed by atoms with Gasteiger partial charge in [-0.05, 0) is 19.1 Å². The first-order valence-electron chi connectivity index (χ1n) is 3.94. The predicted octanol–water partition coefficient (Wildman–Crippen LogP) is 2.14. The van der Waals surface area contributed by atoms with Crippen LogP contribution in [0.2, 0.25) is 0 Å². The molecule has 0 aliphatic rings. The maximum absolute atomic E-state index is 8.28. The highest BCUT2D eigenvalue weighted by molar-refractivity contribution is 5.37. The van der Waals surface area contributed by atoms with Gasteiger partial charge in [-0.2, -0.15) is 5.26 Å². The molecule has 0 aromatic heterocycles. The molecule has 2 nitrogen and oxygen atoms in total. The standard InChI is InChI=1S/C10H11N2/c1-9-3-5-10(6-4-9)12-8-2-7-11/h3-6H,2,8H2,1H3. The van der Waals surface area contributed by atoms with Crippen LogP contribution in [-0.4, -0.2) is 6.54 Å². The lowest BCUT2D eigenvalue weighted by Gasteiger charge is -1.99. The van der Waals surface area contributed by atoms with Crippen molar-refractivity contribution in [3.63, 3.8) is 0 Å². The van der Waals surface area contributed by atoms with Gasteiger partial charge >= 0.3 is 0 Å². The smallest absolute Gasteiger partial charge is 0.0641 e. The highest BCUT2D eigenvalue weighted by atomic mass is 14.9. The molecule has 1 rings (SSSR count). The molecule has 61 valence electrons. The van der Waals surface area contributed by atoms with Crippen LogP contribution < -0.4 is 5.32 Å². The molecule has 0 spiro atoms. The molecule has 0 unspecified atom stereocenters. The molecule has 0 saturated carbocycles. The van der Waals surface area contributed by atoms with Crippen molar-refractivity contribution in [1.82, 2.24) is 5.32 Å². The van der Waals surface area contributed by atoms with E-state index in [0.717, 1.165) is 5.69 Å². The summed E-state index contributed by atoms with van der Waals surface area (Å²) in [6, 6.07) is 10.0. The molecule has 0 heterocycles. The molecular formula is C10H11N2. The van der Waals surface area contributed by atoms with Crippen LogP contribution in [0.25, 0.3) is 0 Å². The second-order valence-electron chi connectivity index (χ2n) is 2.63. The lowest BCUT2D eigenvalue weighted by Crippen LogP contribution is -1.98. The fourth-order valence-electron chi connectivity index (χ4n) is 0.885. The summed E-state index contributed by atoms with van der Waals surface area (Å²) in [6.45, 7) is 2.64. The van der Waals surface area contributed by atoms with E-state index in [-0.39, 0.29) is 0 Å². The van der Waals surface area contributed by atoms with Gasteiger partial charge in [0.25, 0.3) is 0 Å². The van der Waals surface area contributed by atoms with E-state index in [0.29, 0.717) is 13.0 Å². The first kappa shape index (κ1) is 8.61. The minimum atomic E-state index is 0.494. The Balaban J connectivity index is 2.43. The summed E-state index contributed by atoms with van der Waals surface area (Å²) in [5.74, 6) is 0. The van der Waals surface area contributed by atoms with Gasteiger partial charge in [0.05, 0.1) is 24.7 Å². The summed E-state index contributed by atoms with van der Waals surface area (Å²) in [4.78, 5) is 0. The maximum atomic E-state index is 8.28. The normalized spacial score (nSPS) is 9.00. The van der Waals surface area contributed by atoms with E-state index < -0.39 is 0 Å². The van der Waals surface area contributed by atoms with Crippen molar-refractivity contribution in [2.45, 2.75) is 13.3 Å². The Labute approximate surface area is 72.8 Å². The molecule has 12 heavy (non-hydrogen) atoms. The van der Waals surface area contributed by atoms with Crippen LogP contribution in [0.1, 0.15) is 12.0 Å². The van der Waals surface area contributed by atoms with Crippen molar-refractivity contribution in [2.24, 2.45) is 0 Å². The number of hydrogen-bond acceptors (Lipinski definition) is 1. The van der Waals surface area contributed by atoms with Crippen molar-refractivity contribution in [2.75, 3.05) is 6.54 Å². The highest BCUT2D eigenvalue weighted by Gasteiger charge is 1.91. The number of nitriles is 1. The molecule has 1 radical (unpaired) electrons. The zero-order chi connectivity index (χ0) is 8.81. The topological polar surface area (TPSA) is 37.9 Å². The maximum Gasteiger partial charge on any atom is 0.0641 e. The van der Waals surface area contributed by atoms with Crippen molar-refractivity contribution in [1.29, 1.82) is 5.26 Å². The summed E-state index contributed by atoms with van der Waals surface area (Å²) >= 11 is 0. The van der Waals surface area contributed by atoms with Gasteiger partial charge in [-0.3, -0.25) is 5.32 Å². The van der Waals surface area contributed by atoms with Crippen LogP contribution >= 0.6 is 0 Å². The second kappa shape index (κ2) is 4.40. The van der Waals surface area contributed by atoms with Crippen molar-refractivity contribution >= 4 is 5.69 Å². The third-order valence-corrected chi connectivity index (χ3v) is 1.55. The lowest BCUT2D eigenvalue weighted by molar-refractivity contribution is 0.853. The Morgan fingerprint density at radius 3 is 2.58 bits per heavy atom.